The molecule has 3 aromatic rings. The standard InChI is InChI=1S/C20H29N7O2S/c1-4-9-27-18-6-5-16(30(28,29)25(2)3)12-17(18)23-19(27)13-26-10-7-15(8-11-26)20-21-14-22-24-20/h5-6,12,14-15H,4,7-11,13H2,1-3H3,(H,21,22,24). The van der Waals surface area contributed by atoms with Gasteiger partial charge in [-0.1, -0.05) is 6.92 Å². The summed E-state index contributed by atoms with van der Waals surface area (Å²) in [6, 6.07) is 5.25. The number of piperidine rings is 1. The molecular formula is C20H29N7O2S. The highest BCUT2D eigenvalue weighted by molar-refractivity contribution is 7.89. The van der Waals surface area contributed by atoms with Gasteiger partial charge in [-0.25, -0.2) is 22.7 Å². The first-order valence-electron chi connectivity index (χ1n) is 10.4. The molecule has 1 N–H and O–H groups in total. The largest absolute Gasteiger partial charge is 0.327 e. The van der Waals surface area contributed by atoms with E-state index in [4.69, 9.17) is 4.98 Å². The third kappa shape index (κ3) is 3.99. The van der Waals surface area contributed by atoms with Crippen molar-refractivity contribution in [3.05, 3.63) is 36.2 Å². The van der Waals surface area contributed by atoms with Gasteiger partial charge in [0.25, 0.3) is 0 Å². The van der Waals surface area contributed by atoms with Gasteiger partial charge in [-0.3, -0.25) is 10.00 Å². The average molecular weight is 432 g/mol. The summed E-state index contributed by atoms with van der Waals surface area (Å²) in [7, 11) is -0.390. The van der Waals surface area contributed by atoms with Crippen LogP contribution in [0, 0.1) is 0 Å². The van der Waals surface area contributed by atoms with E-state index in [1.54, 1.807) is 32.6 Å². The van der Waals surface area contributed by atoms with Gasteiger partial charge < -0.3 is 4.57 Å². The van der Waals surface area contributed by atoms with E-state index >= 15 is 0 Å². The van der Waals surface area contributed by atoms with Gasteiger partial charge in [0.2, 0.25) is 10.0 Å². The Morgan fingerprint density at radius 2 is 2.00 bits per heavy atom. The van der Waals surface area contributed by atoms with E-state index < -0.39 is 10.0 Å². The molecule has 0 bridgehead atoms. The number of nitrogens with zero attached hydrogens (tertiary/aromatic N) is 6. The summed E-state index contributed by atoms with van der Waals surface area (Å²) in [6.07, 6.45) is 4.63. The minimum absolute atomic E-state index is 0.278. The maximum absolute atomic E-state index is 12.5. The summed E-state index contributed by atoms with van der Waals surface area (Å²) in [4.78, 5) is 11.8. The van der Waals surface area contributed by atoms with Crippen molar-refractivity contribution >= 4 is 21.1 Å². The van der Waals surface area contributed by atoms with Crippen LogP contribution < -0.4 is 0 Å². The van der Waals surface area contributed by atoms with Crippen molar-refractivity contribution in [1.82, 2.24) is 33.9 Å². The quantitative estimate of drug-likeness (QED) is 0.616. The Hall–Kier alpha value is -2.30. The van der Waals surface area contributed by atoms with Gasteiger partial charge in [-0.15, -0.1) is 0 Å². The van der Waals surface area contributed by atoms with Crippen molar-refractivity contribution in [2.75, 3.05) is 27.2 Å². The molecule has 1 aromatic carbocycles. The van der Waals surface area contributed by atoms with Gasteiger partial charge in [-0.05, 0) is 50.6 Å². The number of likely N-dealkylation sites (tertiary alicyclic amines) is 1. The van der Waals surface area contributed by atoms with Gasteiger partial charge in [0.15, 0.2) is 0 Å². The number of imidazole rings is 1. The molecule has 1 saturated heterocycles. The van der Waals surface area contributed by atoms with E-state index in [9.17, 15) is 8.42 Å². The molecule has 1 aliphatic heterocycles. The summed E-state index contributed by atoms with van der Waals surface area (Å²) >= 11 is 0. The van der Waals surface area contributed by atoms with Crippen molar-refractivity contribution in [1.29, 1.82) is 0 Å². The molecule has 3 heterocycles. The maximum atomic E-state index is 12.5. The molecular weight excluding hydrogens is 402 g/mol. The zero-order valence-electron chi connectivity index (χ0n) is 17.7. The van der Waals surface area contributed by atoms with Crippen LogP contribution in [0.4, 0.5) is 0 Å². The molecule has 0 saturated carbocycles. The Morgan fingerprint density at radius 1 is 1.23 bits per heavy atom. The van der Waals surface area contributed by atoms with Crippen LogP contribution in [0.5, 0.6) is 0 Å². The first kappa shape index (κ1) is 21.0. The lowest BCUT2D eigenvalue weighted by Gasteiger charge is -2.30. The number of hydrogen-bond donors (Lipinski definition) is 1. The highest BCUT2D eigenvalue weighted by Crippen LogP contribution is 2.27. The van der Waals surface area contributed by atoms with Crippen LogP contribution in [0.3, 0.4) is 0 Å². The molecule has 9 nitrogen and oxygen atoms in total. The second-order valence-electron chi connectivity index (χ2n) is 8.04. The maximum Gasteiger partial charge on any atom is 0.242 e. The average Bonchev–Trinajstić information content (AvgIpc) is 3.37. The number of sulfonamides is 1. The van der Waals surface area contributed by atoms with Gasteiger partial charge in [-0.2, -0.15) is 5.10 Å². The third-order valence-corrected chi connectivity index (χ3v) is 7.61. The van der Waals surface area contributed by atoms with Gasteiger partial charge in [0.05, 0.1) is 22.5 Å². The van der Waals surface area contributed by atoms with Crippen LogP contribution in [0.15, 0.2) is 29.4 Å². The predicted molar refractivity (Wildman–Crippen MR) is 115 cm³/mol. The summed E-state index contributed by atoms with van der Waals surface area (Å²) < 4.78 is 28.5. The van der Waals surface area contributed by atoms with Crippen LogP contribution in [0.25, 0.3) is 11.0 Å². The number of aromatic nitrogens is 5. The molecule has 0 amide bonds. The van der Waals surface area contributed by atoms with Crippen molar-refractivity contribution in [3.8, 4) is 0 Å². The predicted octanol–water partition coefficient (Wildman–Crippen LogP) is 2.19. The number of aryl methyl sites for hydroxylation is 1. The van der Waals surface area contributed by atoms with Crippen LogP contribution in [0.1, 0.15) is 43.8 Å². The highest BCUT2D eigenvalue weighted by Gasteiger charge is 2.25. The van der Waals surface area contributed by atoms with Crippen LogP contribution in [-0.4, -0.2) is 69.5 Å². The van der Waals surface area contributed by atoms with Gasteiger partial charge in [0.1, 0.15) is 18.0 Å². The van der Waals surface area contributed by atoms with E-state index in [1.165, 1.54) is 4.31 Å². The molecule has 4 rings (SSSR count). The lowest BCUT2D eigenvalue weighted by molar-refractivity contribution is 0.195. The molecule has 10 heteroatoms. The van der Waals surface area contributed by atoms with E-state index in [2.05, 4.69) is 31.6 Å². The number of benzene rings is 1. The Bertz CT molecular complexity index is 1100. The van der Waals surface area contributed by atoms with Crippen molar-refractivity contribution < 1.29 is 8.42 Å². The summed E-state index contributed by atoms with van der Waals surface area (Å²) in [5, 5.41) is 6.96. The fraction of sp³-hybridized carbons (Fsp3) is 0.550. The molecule has 0 radical (unpaired) electrons. The summed E-state index contributed by atoms with van der Waals surface area (Å²) in [6.45, 7) is 5.71. The molecule has 0 unspecified atom stereocenters. The van der Waals surface area contributed by atoms with Gasteiger partial charge in [0, 0.05) is 26.6 Å². The Kier molecular flexibility index (Phi) is 5.90. The molecule has 1 aliphatic rings. The summed E-state index contributed by atoms with van der Waals surface area (Å²) in [5.74, 6) is 2.39. The SMILES string of the molecule is CCCn1c(CN2CCC(c3ncn[nH]3)CC2)nc2cc(S(=O)(=O)N(C)C)ccc21. The Morgan fingerprint density at radius 3 is 2.63 bits per heavy atom. The first-order valence-corrected chi connectivity index (χ1v) is 11.8. The van der Waals surface area contributed by atoms with Crippen LogP contribution >= 0.6 is 0 Å². The van der Waals surface area contributed by atoms with Crippen molar-refractivity contribution in [2.45, 2.75) is 50.1 Å². The normalized spacial score (nSPS) is 16.7. The smallest absolute Gasteiger partial charge is 0.242 e. The molecule has 30 heavy (non-hydrogen) atoms. The zero-order chi connectivity index (χ0) is 21.3. The van der Waals surface area contributed by atoms with E-state index in [0.717, 1.165) is 68.1 Å². The van der Waals surface area contributed by atoms with E-state index in [1.807, 2.05) is 6.07 Å². The number of nitrogens with one attached hydrogen (secondary N) is 1. The molecule has 0 atom stereocenters. The van der Waals surface area contributed by atoms with Gasteiger partial charge >= 0.3 is 0 Å². The topological polar surface area (TPSA) is 100 Å². The molecule has 2 aromatic heterocycles. The lowest BCUT2D eigenvalue weighted by Crippen LogP contribution is -2.33. The fourth-order valence-corrected chi connectivity index (χ4v) is 5.02. The molecule has 162 valence electrons. The second-order valence-corrected chi connectivity index (χ2v) is 10.2. The van der Waals surface area contributed by atoms with Crippen molar-refractivity contribution in [2.24, 2.45) is 0 Å². The third-order valence-electron chi connectivity index (χ3n) is 5.80. The van der Waals surface area contributed by atoms with Crippen LogP contribution in [0.2, 0.25) is 0 Å². The van der Waals surface area contributed by atoms with Crippen LogP contribution in [-0.2, 0) is 23.1 Å². The summed E-state index contributed by atoms with van der Waals surface area (Å²) in [5.41, 5.74) is 1.72. The monoisotopic (exact) mass is 431 g/mol. The number of fused-ring (bicyclic) bond motifs is 1. The number of rotatable bonds is 7. The number of H-pyrrole nitrogens is 1. The minimum Gasteiger partial charge on any atom is -0.327 e. The second kappa shape index (κ2) is 8.44. The minimum atomic E-state index is -3.48. The fourth-order valence-electron chi connectivity index (χ4n) is 4.10. The number of hydrogen-bond acceptors (Lipinski definition) is 6. The highest BCUT2D eigenvalue weighted by atomic mass is 32.2. The Labute approximate surface area is 177 Å². The Balaban J connectivity index is 1.56. The molecule has 1 fully saturated rings. The molecule has 0 spiro atoms. The zero-order valence-corrected chi connectivity index (χ0v) is 18.6. The van der Waals surface area contributed by atoms with Crippen molar-refractivity contribution in [3.63, 3.8) is 0 Å². The first-order chi connectivity index (χ1) is 14.4. The van der Waals surface area contributed by atoms with E-state index in [-0.39, 0.29) is 4.90 Å². The molecule has 0 aliphatic carbocycles. The lowest BCUT2D eigenvalue weighted by atomic mass is 9.96. The number of aromatic amines is 1. The van der Waals surface area contributed by atoms with E-state index in [0.29, 0.717) is 5.92 Å².